The van der Waals surface area contributed by atoms with Gasteiger partial charge in [-0.05, 0) is 25.3 Å². The number of fused-ring (bicyclic) bond motifs is 1. The molecule has 7 heteroatoms. The second-order valence-corrected chi connectivity index (χ2v) is 7.07. The molecule has 0 spiro atoms. The summed E-state index contributed by atoms with van der Waals surface area (Å²) in [7, 11) is 3.19. The second-order valence-electron chi connectivity index (χ2n) is 7.07. The number of nitrogens with zero attached hydrogens (tertiary/aromatic N) is 3. The highest BCUT2D eigenvalue weighted by Gasteiger charge is 2.35. The normalized spacial score (nSPS) is 20.4. The fourth-order valence-electron chi connectivity index (χ4n) is 3.93. The summed E-state index contributed by atoms with van der Waals surface area (Å²) in [6, 6.07) is 3.63. The average Bonchev–Trinajstić information content (AvgIpc) is 2.67. The first-order chi connectivity index (χ1) is 12.6. The Labute approximate surface area is 154 Å². The van der Waals surface area contributed by atoms with E-state index in [9.17, 15) is 5.11 Å². The van der Waals surface area contributed by atoms with Crippen molar-refractivity contribution in [3.05, 3.63) is 12.1 Å². The van der Waals surface area contributed by atoms with Crippen molar-refractivity contribution in [2.24, 2.45) is 5.41 Å². The van der Waals surface area contributed by atoms with Crippen molar-refractivity contribution < 1.29 is 14.6 Å². The molecule has 1 fully saturated rings. The van der Waals surface area contributed by atoms with Gasteiger partial charge in [0.05, 0.1) is 26.3 Å². The van der Waals surface area contributed by atoms with E-state index in [1.54, 1.807) is 20.3 Å². The minimum atomic E-state index is -0.0856. The van der Waals surface area contributed by atoms with Crippen LogP contribution in [0.5, 0.6) is 11.5 Å². The van der Waals surface area contributed by atoms with E-state index >= 15 is 0 Å². The van der Waals surface area contributed by atoms with Crippen molar-refractivity contribution in [2.45, 2.75) is 32.6 Å². The summed E-state index contributed by atoms with van der Waals surface area (Å²) in [5.41, 5.74) is 6.85. The molecule has 1 aromatic carbocycles. The van der Waals surface area contributed by atoms with E-state index in [2.05, 4.69) is 16.8 Å². The highest BCUT2D eigenvalue weighted by molar-refractivity contribution is 5.91. The number of piperidine rings is 1. The maximum Gasteiger partial charge on any atom is 0.227 e. The van der Waals surface area contributed by atoms with E-state index in [0.717, 1.165) is 49.7 Å². The monoisotopic (exact) mass is 360 g/mol. The zero-order valence-corrected chi connectivity index (χ0v) is 15.8. The molecule has 3 N–H and O–H groups in total. The summed E-state index contributed by atoms with van der Waals surface area (Å²) in [4.78, 5) is 11.4. The number of aliphatic hydroxyl groups is 1. The van der Waals surface area contributed by atoms with Gasteiger partial charge in [-0.25, -0.2) is 4.98 Å². The van der Waals surface area contributed by atoms with Gasteiger partial charge < -0.3 is 25.2 Å². The summed E-state index contributed by atoms with van der Waals surface area (Å²) in [6.45, 7) is 3.95. The van der Waals surface area contributed by atoms with Crippen LogP contribution >= 0.6 is 0 Å². The van der Waals surface area contributed by atoms with Gasteiger partial charge in [-0.3, -0.25) is 0 Å². The number of aromatic nitrogens is 2. The van der Waals surface area contributed by atoms with Crippen LogP contribution in [0.1, 0.15) is 32.6 Å². The van der Waals surface area contributed by atoms with Crippen LogP contribution in [0.2, 0.25) is 0 Å². The predicted molar refractivity (Wildman–Crippen MR) is 103 cm³/mol. The third-order valence-corrected chi connectivity index (χ3v) is 5.28. The highest BCUT2D eigenvalue weighted by atomic mass is 16.5. The lowest BCUT2D eigenvalue weighted by atomic mass is 9.77. The summed E-state index contributed by atoms with van der Waals surface area (Å²) in [5.74, 6) is 2.24. The quantitative estimate of drug-likeness (QED) is 0.818. The molecule has 1 atom stereocenters. The molecule has 0 amide bonds. The zero-order chi connectivity index (χ0) is 18.7. The lowest BCUT2D eigenvalue weighted by Crippen LogP contribution is -2.46. The molecule has 142 valence electrons. The van der Waals surface area contributed by atoms with Crippen molar-refractivity contribution in [1.82, 2.24) is 9.97 Å². The molecule has 1 aliphatic rings. The Kier molecular flexibility index (Phi) is 5.36. The number of hydrogen-bond donors (Lipinski definition) is 2. The molecule has 26 heavy (non-hydrogen) atoms. The minimum absolute atomic E-state index is 0.0856. The van der Waals surface area contributed by atoms with Gasteiger partial charge in [0, 0.05) is 30.0 Å². The van der Waals surface area contributed by atoms with Crippen LogP contribution in [0.15, 0.2) is 12.1 Å². The van der Waals surface area contributed by atoms with Crippen LogP contribution in [0.25, 0.3) is 10.9 Å². The van der Waals surface area contributed by atoms with Gasteiger partial charge in [-0.15, -0.1) is 0 Å². The van der Waals surface area contributed by atoms with Crippen molar-refractivity contribution in [3.63, 3.8) is 0 Å². The van der Waals surface area contributed by atoms with Crippen molar-refractivity contribution in [1.29, 1.82) is 0 Å². The Morgan fingerprint density at radius 2 is 1.96 bits per heavy atom. The van der Waals surface area contributed by atoms with Crippen LogP contribution < -0.4 is 20.1 Å². The Balaban J connectivity index is 2.00. The van der Waals surface area contributed by atoms with Crippen LogP contribution in [-0.2, 0) is 0 Å². The SMILES string of the molecule is CCC[C@]1(CO)CCCN(c2nc(N)c3cc(OC)c(OC)cc3n2)C1. The number of rotatable bonds is 6. The largest absolute Gasteiger partial charge is 0.493 e. The second kappa shape index (κ2) is 7.53. The molecule has 1 saturated heterocycles. The average molecular weight is 360 g/mol. The van der Waals surface area contributed by atoms with Gasteiger partial charge >= 0.3 is 0 Å². The Hall–Kier alpha value is -2.28. The molecule has 1 aliphatic heterocycles. The first kappa shape index (κ1) is 18.5. The van der Waals surface area contributed by atoms with Crippen LogP contribution in [0.4, 0.5) is 11.8 Å². The number of hydrogen-bond acceptors (Lipinski definition) is 7. The molecule has 0 saturated carbocycles. The first-order valence-corrected chi connectivity index (χ1v) is 9.11. The van der Waals surface area contributed by atoms with Gasteiger partial charge in [-0.2, -0.15) is 4.98 Å². The number of ether oxygens (including phenoxy) is 2. The van der Waals surface area contributed by atoms with Crippen LogP contribution in [-0.4, -0.2) is 49.0 Å². The van der Waals surface area contributed by atoms with Gasteiger partial charge in [-0.1, -0.05) is 13.3 Å². The maximum absolute atomic E-state index is 9.97. The number of benzene rings is 1. The molecule has 2 aromatic rings. The van der Waals surface area contributed by atoms with Crippen LogP contribution in [0, 0.1) is 5.41 Å². The van der Waals surface area contributed by atoms with Gasteiger partial charge in [0.15, 0.2) is 11.5 Å². The van der Waals surface area contributed by atoms with Gasteiger partial charge in [0.25, 0.3) is 0 Å². The molecule has 0 unspecified atom stereocenters. The molecular formula is C19H28N4O3. The number of methoxy groups -OCH3 is 2. The first-order valence-electron chi connectivity index (χ1n) is 9.11. The molecule has 0 aliphatic carbocycles. The van der Waals surface area contributed by atoms with E-state index in [-0.39, 0.29) is 12.0 Å². The van der Waals surface area contributed by atoms with E-state index in [1.807, 2.05) is 6.07 Å². The molecule has 7 nitrogen and oxygen atoms in total. The van der Waals surface area contributed by atoms with Crippen LogP contribution in [0.3, 0.4) is 0 Å². The standard InChI is InChI=1S/C19H28N4O3/c1-4-6-19(12-24)7-5-8-23(11-19)18-21-14-10-16(26-3)15(25-2)9-13(14)17(20)22-18/h9-10,24H,4-8,11-12H2,1-3H3,(H2,20,21,22)/t19-/m0/s1. The van der Waals surface area contributed by atoms with Crippen molar-refractivity contribution in [3.8, 4) is 11.5 Å². The molecule has 0 radical (unpaired) electrons. The predicted octanol–water partition coefficient (Wildman–Crippen LogP) is 2.61. The van der Waals surface area contributed by atoms with E-state index in [4.69, 9.17) is 20.2 Å². The Morgan fingerprint density at radius 1 is 1.23 bits per heavy atom. The molecule has 2 heterocycles. The van der Waals surface area contributed by atoms with E-state index in [1.165, 1.54) is 0 Å². The maximum atomic E-state index is 9.97. The van der Waals surface area contributed by atoms with Gasteiger partial charge in [0.1, 0.15) is 5.82 Å². The molecule has 0 bridgehead atoms. The smallest absolute Gasteiger partial charge is 0.227 e. The fraction of sp³-hybridized carbons (Fsp3) is 0.579. The summed E-state index contributed by atoms with van der Waals surface area (Å²) in [6.07, 6.45) is 4.08. The Morgan fingerprint density at radius 3 is 2.62 bits per heavy atom. The topological polar surface area (TPSA) is 93.7 Å². The number of nitrogens with two attached hydrogens (primary N) is 1. The number of aliphatic hydroxyl groups excluding tert-OH is 1. The summed E-state index contributed by atoms with van der Waals surface area (Å²) < 4.78 is 10.7. The van der Waals surface area contributed by atoms with Crippen molar-refractivity contribution in [2.75, 3.05) is 44.5 Å². The third kappa shape index (κ3) is 3.35. The highest BCUT2D eigenvalue weighted by Crippen LogP contribution is 2.37. The lowest BCUT2D eigenvalue weighted by Gasteiger charge is -2.42. The minimum Gasteiger partial charge on any atom is -0.493 e. The third-order valence-electron chi connectivity index (χ3n) is 5.28. The summed E-state index contributed by atoms with van der Waals surface area (Å²) >= 11 is 0. The lowest BCUT2D eigenvalue weighted by molar-refractivity contribution is 0.0949. The molecular weight excluding hydrogens is 332 g/mol. The fourth-order valence-corrected chi connectivity index (χ4v) is 3.93. The van der Waals surface area contributed by atoms with E-state index < -0.39 is 0 Å². The van der Waals surface area contributed by atoms with E-state index in [0.29, 0.717) is 23.3 Å². The van der Waals surface area contributed by atoms with Crippen molar-refractivity contribution >= 4 is 22.7 Å². The Bertz CT molecular complexity index is 779. The summed E-state index contributed by atoms with van der Waals surface area (Å²) in [5, 5.41) is 10.7. The zero-order valence-electron chi connectivity index (χ0n) is 15.8. The molecule has 3 rings (SSSR count). The van der Waals surface area contributed by atoms with Gasteiger partial charge in [0.2, 0.25) is 5.95 Å². The molecule has 1 aromatic heterocycles. The number of anilines is 2. The number of nitrogen functional groups attached to an aromatic ring is 1.